The minimum absolute atomic E-state index is 0.317. The maximum Gasteiger partial charge on any atom is 0.337 e. The fourth-order valence-corrected chi connectivity index (χ4v) is 1.67. The van der Waals surface area contributed by atoms with Crippen LogP contribution in [-0.4, -0.2) is 14.1 Å². The molecule has 0 N–H and O–H groups in total. The van der Waals surface area contributed by atoms with Gasteiger partial charge in [0.1, 0.15) is 0 Å². The summed E-state index contributed by atoms with van der Waals surface area (Å²) in [4.78, 5) is 26.7. The van der Waals surface area contributed by atoms with Crippen molar-refractivity contribution in [3.63, 3.8) is 0 Å². The average molecular weight is 209 g/mol. The molecule has 0 aliphatic carbocycles. The molecule has 72 valence electrons. The number of aromatic nitrogens is 3. The summed E-state index contributed by atoms with van der Waals surface area (Å²) in [6.45, 7) is 0. The van der Waals surface area contributed by atoms with Gasteiger partial charge < -0.3 is 0 Å². The third kappa shape index (κ3) is 1.29. The molecule has 0 saturated carbocycles. The number of hydrogen-bond acceptors (Lipinski definition) is 4. The predicted octanol–water partition coefficient (Wildman–Crippen LogP) is -0.00730. The largest absolute Gasteiger partial charge is 0.337 e. The normalized spacial score (nSPS) is 10.4. The van der Waals surface area contributed by atoms with Gasteiger partial charge in [0, 0.05) is 30.9 Å². The van der Waals surface area contributed by atoms with E-state index in [1.807, 2.05) is 0 Å². The molecule has 0 bridgehead atoms. The first kappa shape index (κ1) is 8.89. The van der Waals surface area contributed by atoms with Gasteiger partial charge in [0.25, 0.3) is 5.56 Å². The predicted molar refractivity (Wildman–Crippen MR) is 53.0 cm³/mol. The summed E-state index contributed by atoms with van der Waals surface area (Å²) in [5.41, 5.74) is -0.699. The molecule has 2 aromatic rings. The van der Waals surface area contributed by atoms with Crippen LogP contribution in [0.15, 0.2) is 33.4 Å². The molecule has 0 saturated heterocycles. The second kappa shape index (κ2) is 3.22. The molecule has 0 aromatic carbocycles. The quantitative estimate of drug-likeness (QED) is 0.664. The first-order valence-electron chi connectivity index (χ1n) is 3.89. The summed E-state index contributed by atoms with van der Waals surface area (Å²) >= 11 is 1.34. The van der Waals surface area contributed by atoms with Gasteiger partial charge in [0.2, 0.25) is 0 Å². The highest BCUT2D eigenvalue weighted by Crippen LogP contribution is 2.06. The summed E-state index contributed by atoms with van der Waals surface area (Å²) in [5, 5.41) is 2.33. The second-order valence-electron chi connectivity index (χ2n) is 2.68. The van der Waals surface area contributed by atoms with Crippen LogP contribution in [0.1, 0.15) is 0 Å². The SMILES string of the molecule is Cn1c(=O)ccn(-c2nccs2)c1=O. The molecule has 0 spiro atoms. The highest BCUT2D eigenvalue weighted by molar-refractivity contribution is 7.12. The Morgan fingerprint density at radius 3 is 2.86 bits per heavy atom. The summed E-state index contributed by atoms with van der Waals surface area (Å²) in [6, 6.07) is 1.34. The number of rotatable bonds is 1. The minimum Gasteiger partial charge on any atom is -0.269 e. The Kier molecular flexibility index (Phi) is 2.05. The van der Waals surface area contributed by atoms with Gasteiger partial charge in [-0.15, -0.1) is 11.3 Å². The van der Waals surface area contributed by atoms with Crippen molar-refractivity contribution < 1.29 is 0 Å². The molecule has 2 heterocycles. The van der Waals surface area contributed by atoms with Crippen LogP contribution in [0.2, 0.25) is 0 Å². The standard InChI is InChI=1S/C8H7N3O2S/c1-10-6(12)2-4-11(8(10)13)7-9-3-5-14-7/h2-5H,1H3. The second-order valence-corrected chi connectivity index (χ2v) is 3.55. The van der Waals surface area contributed by atoms with Crippen LogP contribution in [0.5, 0.6) is 0 Å². The highest BCUT2D eigenvalue weighted by Gasteiger charge is 2.04. The van der Waals surface area contributed by atoms with Crippen LogP contribution in [0, 0.1) is 0 Å². The van der Waals surface area contributed by atoms with Gasteiger partial charge in [0.15, 0.2) is 5.13 Å². The van der Waals surface area contributed by atoms with Gasteiger partial charge >= 0.3 is 5.69 Å². The van der Waals surface area contributed by atoms with Gasteiger partial charge in [0.05, 0.1) is 0 Å². The molecule has 0 radical (unpaired) electrons. The Bertz CT molecular complexity index is 553. The molecule has 0 atom stereocenters. The molecular weight excluding hydrogens is 202 g/mol. The Balaban J connectivity index is 2.74. The Morgan fingerprint density at radius 1 is 1.43 bits per heavy atom. The third-order valence-corrected chi connectivity index (χ3v) is 2.59. The zero-order valence-corrected chi connectivity index (χ0v) is 8.19. The van der Waals surface area contributed by atoms with Crippen molar-refractivity contribution in [3.05, 3.63) is 44.7 Å². The van der Waals surface area contributed by atoms with Gasteiger partial charge in [-0.25, -0.2) is 14.3 Å². The van der Waals surface area contributed by atoms with Crippen LogP contribution in [0.4, 0.5) is 0 Å². The van der Waals surface area contributed by atoms with Gasteiger partial charge in [-0.1, -0.05) is 0 Å². The Labute approximate surface area is 82.9 Å². The van der Waals surface area contributed by atoms with Crippen molar-refractivity contribution in [1.82, 2.24) is 14.1 Å². The van der Waals surface area contributed by atoms with Crippen LogP contribution < -0.4 is 11.2 Å². The molecule has 0 unspecified atom stereocenters. The van der Waals surface area contributed by atoms with E-state index in [0.29, 0.717) is 5.13 Å². The summed E-state index contributed by atoms with van der Waals surface area (Å²) in [5.74, 6) is 0. The van der Waals surface area contributed by atoms with Crippen LogP contribution in [-0.2, 0) is 7.05 Å². The molecule has 6 heteroatoms. The first-order chi connectivity index (χ1) is 6.70. The lowest BCUT2D eigenvalue weighted by Crippen LogP contribution is -2.36. The van der Waals surface area contributed by atoms with Crippen molar-refractivity contribution in [2.24, 2.45) is 7.05 Å². The molecular formula is C8H7N3O2S. The van der Waals surface area contributed by atoms with Crippen LogP contribution in [0.25, 0.3) is 5.13 Å². The van der Waals surface area contributed by atoms with E-state index in [1.165, 1.54) is 35.2 Å². The van der Waals surface area contributed by atoms with Crippen molar-refractivity contribution >= 4 is 11.3 Å². The minimum atomic E-state index is -0.382. The Morgan fingerprint density at radius 2 is 2.21 bits per heavy atom. The first-order valence-corrected chi connectivity index (χ1v) is 4.76. The molecule has 0 amide bonds. The molecule has 0 fully saturated rings. The van der Waals surface area contributed by atoms with Gasteiger partial charge in [-0.2, -0.15) is 0 Å². The maximum atomic E-state index is 11.6. The number of hydrogen-bond donors (Lipinski definition) is 0. The summed E-state index contributed by atoms with van der Waals surface area (Å²) in [7, 11) is 1.44. The zero-order valence-electron chi connectivity index (χ0n) is 7.38. The number of nitrogens with zero attached hydrogens (tertiary/aromatic N) is 3. The third-order valence-electron chi connectivity index (χ3n) is 1.82. The van der Waals surface area contributed by atoms with E-state index in [1.54, 1.807) is 11.6 Å². The van der Waals surface area contributed by atoms with Crippen molar-refractivity contribution in [2.45, 2.75) is 0 Å². The molecule has 5 nitrogen and oxygen atoms in total. The van der Waals surface area contributed by atoms with E-state index < -0.39 is 0 Å². The summed E-state index contributed by atoms with van der Waals surface area (Å²) in [6.07, 6.45) is 3.04. The van der Waals surface area contributed by atoms with Crippen LogP contribution in [0.3, 0.4) is 0 Å². The fourth-order valence-electron chi connectivity index (χ4n) is 1.05. The van der Waals surface area contributed by atoms with E-state index in [9.17, 15) is 9.59 Å². The lowest BCUT2D eigenvalue weighted by atomic mass is 10.6. The molecule has 2 rings (SSSR count). The van der Waals surface area contributed by atoms with E-state index in [-0.39, 0.29) is 11.2 Å². The number of thiazole rings is 1. The van der Waals surface area contributed by atoms with E-state index in [4.69, 9.17) is 0 Å². The summed E-state index contributed by atoms with van der Waals surface area (Å²) < 4.78 is 2.38. The molecule has 2 aromatic heterocycles. The Hall–Kier alpha value is -1.69. The van der Waals surface area contributed by atoms with E-state index in [2.05, 4.69) is 4.98 Å². The van der Waals surface area contributed by atoms with E-state index >= 15 is 0 Å². The average Bonchev–Trinajstić information content (AvgIpc) is 2.67. The van der Waals surface area contributed by atoms with Gasteiger partial charge in [-0.05, 0) is 0 Å². The molecule has 0 aliphatic rings. The van der Waals surface area contributed by atoms with Crippen molar-refractivity contribution in [1.29, 1.82) is 0 Å². The maximum absolute atomic E-state index is 11.6. The monoisotopic (exact) mass is 209 g/mol. The van der Waals surface area contributed by atoms with E-state index in [0.717, 1.165) is 4.57 Å². The molecule has 14 heavy (non-hydrogen) atoms. The van der Waals surface area contributed by atoms with Crippen molar-refractivity contribution in [3.8, 4) is 5.13 Å². The fraction of sp³-hybridized carbons (Fsp3) is 0.125. The molecule has 0 aliphatic heterocycles. The van der Waals surface area contributed by atoms with Gasteiger partial charge in [-0.3, -0.25) is 9.36 Å². The smallest absolute Gasteiger partial charge is 0.269 e. The van der Waals surface area contributed by atoms with Crippen LogP contribution >= 0.6 is 11.3 Å². The highest BCUT2D eigenvalue weighted by atomic mass is 32.1. The lowest BCUT2D eigenvalue weighted by molar-refractivity contribution is 0.726. The van der Waals surface area contributed by atoms with Crippen molar-refractivity contribution in [2.75, 3.05) is 0 Å². The topological polar surface area (TPSA) is 56.9 Å². The zero-order chi connectivity index (χ0) is 10.1. The lowest BCUT2D eigenvalue weighted by Gasteiger charge is -2.01.